The van der Waals surface area contributed by atoms with E-state index in [1.165, 1.54) is 0 Å². The molecule has 122 valence electrons. The molecule has 4 heteroatoms. The van der Waals surface area contributed by atoms with Crippen LogP contribution in [-0.4, -0.2) is 17.9 Å². The second-order valence-electron chi connectivity index (χ2n) is 7.00. The number of rotatable bonds is 2. The molecule has 1 aromatic heterocycles. The molecular formula is C19H25N3O. The van der Waals surface area contributed by atoms with Crippen LogP contribution >= 0.6 is 0 Å². The van der Waals surface area contributed by atoms with Crippen LogP contribution in [0.1, 0.15) is 31.9 Å². The fourth-order valence-corrected chi connectivity index (χ4v) is 2.63. The van der Waals surface area contributed by atoms with Gasteiger partial charge in [-0.3, -0.25) is 9.69 Å². The summed E-state index contributed by atoms with van der Waals surface area (Å²) >= 11 is 0. The van der Waals surface area contributed by atoms with Crippen LogP contribution in [0, 0.1) is 19.3 Å². The maximum absolute atomic E-state index is 12.4. The van der Waals surface area contributed by atoms with E-state index < -0.39 is 5.41 Å². The number of hydrogen-bond donors (Lipinski definition) is 1. The summed E-state index contributed by atoms with van der Waals surface area (Å²) in [6.45, 7) is 9.70. The van der Waals surface area contributed by atoms with Crippen molar-refractivity contribution >= 4 is 17.4 Å². The molecule has 0 aliphatic carbocycles. The number of hydrogen-bond acceptors (Lipinski definition) is 3. The van der Waals surface area contributed by atoms with E-state index in [-0.39, 0.29) is 5.91 Å². The molecule has 1 aromatic carbocycles. The Bertz CT molecular complexity index is 745. The van der Waals surface area contributed by atoms with E-state index in [0.29, 0.717) is 5.82 Å². The van der Waals surface area contributed by atoms with Crippen LogP contribution in [-0.2, 0) is 4.79 Å². The lowest BCUT2D eigenvalue weighted by molar-refractivity contribution is -0.125. The number of nitrogens with zero attached hydrogens (tertiary/aromatic N) is 2. The van der Waals surface area contributed by atoms with Crippen LogP contribution in [0.5, 0.6) is 0 Å². The first-order valence-electron chi connectivity index (χ1n) is 7.73. The normalized spacial score (nSPS) is 11.4. The van der Waals surface area contributed by atoms with E-state index in [9.17, 15) is 4.79 Å². The molecule has 23 heavy (non-hydrogen) atoms. The minimum absolute atomic E-state index is 0.0426. The maximum atomic E-state index is 12.4. The summed E-state index contributed by atoms with van der Waals surface area (Å²) < 4.78 is 0. The van der Waals surface area contributed by atoms with Crippen LogP contribution in [0.3, 0.4) is 0 Å². The van der Waals surface area contributed by atoms with E-state index in [1.54, 1.807) is 18.1 Å². The lowest BCUT2D eigenvalue weighted by atomic mass is 9.94. The van der Waals surface area contributed by atoms with Crippen LogP contribution in [0.4, 0.5) is 11.5 Å². The summed E-state index contributed by atoms with van der Waals surface area (Å²) in [7, 11) is 1.77. The van der Waals surface area contributed by atoms with Gasteiger partial charge in [0.1, 0.15) is 5.82 Å². The molecule has 0 unspecified atom stereocenters. The molecule has 2 rings (SSSR count). The van der Waals surface area contributed by atoms with E-state index in [2.05, 4.69) is 11.1 Å². The van der Waals surface area contributed by atoms with E-state index in [1.807, 2.05) is 52.8 Å². The third kappa shape index (κ3) is 3.36. The highest BCUT2D eigenvalue weighted by Gasteiger charge is 2.27. The monoisotopic (exact) mass is 311 g/mol. The quantitative estimate of drug-likeness (QED) is 0.854. The Morgan fingerprint density at radius 2 is 1.87 bits per heavy atom. The highest BCUT2D eigenvalue weighted by molar-refractivity contribution is 5.96. The number of benzene rings is 1. The topological polar surface area (TPSA) is 59.2 Å². The van der Waals surface area contributed by atoms with Gasteiger partial charge < -0.3 is 5.73 Å². The fourth-order valence-electron chi connectivity index (χ4n) is 2.63. The van der Waals surface area contributed by atoms with Crippen molar-refractivity contribution in [2.75, 3.05) is 17.7 Å². The number of carbonyl (C=O) groups excluding carboxylic acids is 1. The first-order valence-corrected chi connectivity index (χ1v) is 7.73. The second-order valence-corrected chi connectivity index (χ2v) is 7.00. The van der Waals surface area contributed by atoms with Gasteiger partial charge in [-0.1, -0.05) is 32.9 Å². The van der Waals surface area contributed by atoms with Crippen molar-refractivity contribution in [2.24, 2.45) is 5.41 Å². The molecule has 0 aliphatic rings. The molecule has 0 radical (unpaired) electrons. The number of amides is 1. The van der Waals surface area contributed by atoms with Crippen LogP contribution in [0.2, 0.25) is 0 Å². The molecule has 1 amide bonds. The maximum Gasteiger partial charge on any atom is 0.233 e. The molecule has 4 nitrogen and oxygen atoms in total. The highest BCUT2D eigenvalue weighted by Crippen LogP contribution is 2.30. The molecule has 0 atom stereocenters. The number of nitrogen functional groups attached to an aromatic ring is 1. The highest BCUT2D eigenvalue weighted by atomic mass is 16.2. The standard InChI is InChI=1S/C19H25N3O/c1-12-10-14(15-8-7-9-16(20)13(15)2)11-21-17(12)22(6)18(23)19(3,4)5/h7-11H,20H2,1-6H3. The molecule has 0 bridgehead atoms. The Labute approximate surface area is 138 Å². The van der Waals surface area contributed by atoms with Crippen LogP contribution in [0.25, 0.3) is 11.1 Å². The lowest BCUT2D eigenvalue weighted by Gasteiger charge is -2.26. The van der Waals surface area contributed by atoms with Gasteiger partial charge in [-0.2, -0.15) is 0 Å². The van der Waals surface area contributed by atoms with E-state index in [4.69, 9.17) is 5.73 Å². The van der Waals surface area contributed by atoms with E-state index in [0.717, 1.165) is 27.9 Å². The first kappa shape index (κ1) is 17.0. The van der Waals surface area contributed by atoms with Crippen LogP contribution < -0.4 is 10.6 Å². The first-order chi connectivity index (χ1) is 10.6. The third-order valence-electron chi connectivity index (χ3n) is 4.00. The van der Waals surface area contributed by atoms with Crippen molar-refractivity contribution < 1.29 is 4.79 Å². The number of pyridine rings is 1. The molecule has 0 saturated heterocycles. The number of aromatic nitrogens is 1. The van der Waals surface area contributed by atoms with Gasteiger partial charge in [0, 0.05) is 29.9 Å². The predicted octanol–water partition coefficient (Wildman–Crippen LogP) is 3.96. The summed E-state index contributed by atoms with van der Waals surface area (Å²) in [4.78, 5) is 18.6. The summed E-state index contributed by atoms with van der Waals surface area (Å²) in [6, 6.07) is 7.92. The summed E-state index contributed by atoms with van der Waals surface area (Å²) in [6.07, 6.45) is 1.80. The average molecular weight is 311 g/mol. The van der Waals surface area contributed by atoms with Crippen molar-refractivity contribution in [2.45, 2.75) is 34.6 Å². The molecule has 0 aliphatic heterocycles. The van der Waals surface area contributed by atoms with Gasteiger partial charge in [0.25, 0.3) is 0 Å². The summed E-state index contributed by atoms with van der Waals surface area (Å²) in [5, 5.41) is 0. The van der Waals surface area contributed by atoms with Gasteiger partial charge in [-0.05, 0) is 42.7 Å². The van der Waals surface area contributed by atoms with Crippen molar-refractivity contribution in [3.63, 3.8) is 0 Å². The van der Waals surface area contributed by atoms with Crippen LogP contribution in [0.15, 0.2) is 30.5 Å². The Morgan fingerprint density at radius 3 is 2.43 bits per heavy atom. The van der Waals surface area contributed by atoms with Gasteiger partial charge in [-0.25, -0.2) is 4.98 Å². The van der Waals surface area contributed by atoms with E-state index >= 15 is 0 Å². The minimum Gasteiger partial charge on any atom is -0.398 e. The van der Waals surface area contributed by atoms with Gasteiger partial charge in [-0.15, -0.1) is 0 Å². The number of carbonyl (C=O) groups is 1. The Kier molecular flexibility index (Phi) is 4.46. The SMILES string of the molecule is Cc1cc(-c2cccc(N)c2C)cnc1N(C)C(=O)C(C)(C)C. The van der Waals surface area contributed by atoms with Gasteiger partial charge in [0.15, 0.2) is 0 Å². The van der Waals surface area contributed by atoms with Gasteiger partial charge in [0.05, 0.1) is 0 Å². The lowest BCUT2D eigenvalue weighted by Crippen LogP contribution is -2.37. The smallest absolute Gasteiger partial charge is 0.233 e. The number of aryl methyl sites for hydroxylation is 1. The zero-order chi connectivity index (χ0) is 17.4. The minimum atomic E-state index is -0.438. The molecule has 2 aromatic rings. The largest absolute Gasteiger partial charge is 0.398 e. The van der Waals surface area contributed by atoms with Crippen molar-refractivity contribution in [1.82, 2.24) is 4.98 Å². The molecule has 2 N–H and O–H groups in total. The Balaban J connectivity index is 2.42. The number of nitrogens with two attached hydrogens (primary N) is 1. The van der Waals surface area contributed by atoms with Crippen molar-refractivity contribution in [3.8, 4) is 11.1 Å². The molecule has 0 spiro atoms. The van der Waals surface area contributed by atoms with Gasteiger partial charge in [0.2, 0.25) is 5.91 Å². The fraction of sp³-hybridized carbons (Fsp3) is 0.368. The average Bonchev–Trinajstić information content (AvgIpc) is 2.47. The number of anilines is 2. The summed E-state index contributed by atoms with van der Waals surface area (Å²) in [5.41, 5.74) is 10.4. The molecule has 1 heterocycles. The molecular weight excluding hydrogens is 286 g/mol. The zero-order valence-electron chi connectivity index (χ0n) is 14.8. The second kappa shape index (κ2) is 6.03. The Morgan fingerprint density at radius 1 is 1.22 bits per heavy atom. The molecule has 0 fully saturated rings. The van der Waals surface area contributed by atoms with Crippen molar-refractivity contribution in [1.29, 1.82) is 0 Å². The molecule has 0 saturated carbocycles. The van der Waals surface area contributed by atoms with Gasteiger partial charge >= 0.3 is 0 Å². The third-order valence-corrected chi connectivity index (χ3v) is 4.00. The van der Waals surface area contributed by atoms with Crippen molar-refractivity contribution in [3.05, 3.63) is 41.6 Å². The summed E-state index contributed by atoms with van der Waals surface area (Å²) in [5.74, 6) is 0.733. The predicted molar refractivity (Wildman–Crippen MR) is 96.4 cm³/mol. The Hall–Kier alpha value is -2.36. The zero-order valence-corrected chi connectivity index (χ0v) is 14.8.